The first kappa shape index (κ1) is 12.7. The molecule has 1 aromatic heterocycles. The number of aryl methyl sites for hydroxylation is 1. The van der Waals surface area contributed by atoms with Crippen molar-refractivity contribution in [3.8, 4) is 0 Å². The number of nitrogens with zero attached hydrogens (tertiary/aromatic N) is 2. The summed E-state index contributed by atoms with van der Waals surface area (Å²) >= 11 is 1.38. The van der Waals surface area contributed by atoms with Crippen LogP contribution in [0.4, 0.5) is 0 Å². The van der Waals surface area contributed by atoms with Crippen LogP contribution in [0.1, 0.15) is 10.6 Å². The minimum Gasteiger partial charge on any atom is -0.243 e. The molecule has 0 spiro atoms. The second kappa shape index (κ2) is 5.28. The molecule has 2 rings (SSSR count). The van der Waals surface area contributed by atoms with Crippen LogP contribution in [0.5, 0.6) is 0 Å². The number of aromatic nitrogens is 1. The molecule has 2 aromatic rings. The van der Waals surface area contributed by atoms with E-state index in [-0.39, 0.29) is 4.90 Å². The third kappa shape index (κ3) is 3.14. The lowest BCUT2D eigenvalue weighted by molar-refractivity contribution is 0.584. The molecule has 0 saturated carbocycles. The molecule has 7 heteroatoms. The van der Waals surface area contributed by atoms with E-state index in [0.29, 0.717) is 5.01 Å². The molecule has 0 unspecified atom stereocenters. The average Bonchev–Trinajstić information content (AvgIpc) is 2.82. The van der Waals surface area contributed by atoms with Gasteiger partial charge in [0.05, 0.1) is 11.1 Å². The molecular formula is C11H11N3O2S2. The van der Waals surface area contributed by atoms with Crippen molar-refractivity contribution in [3.05, 3.63) is 46.4 Å². The molecule has 0 bridgehead atoms. The fourth-order valence-corrected chi connectivity index (χ4v) is 2.51. The van der Waals surface area contributed by atoms with E-state index in [1.807, 2.05) is 6.92 Å². The van der Waals surface area contributed by atoms with Crippen LogP contribution >= 0.6 is 11.3 Å². The lowest BCUT2D eigenvalue weighted by Gasteiger charge is -2.02. The van der Waals surface area contributed by atoms with Gasteiger partial charge >= 0.3 is 0 Å². The highest BCUT2D eigenvalue weighted by molar-refractivity contribution is 7.89. The van der Waals surface area contributed by atoms with E-state index in [0.717, 1.165) is 5.56 Å². The van der Waals surface area contributed by atoms with Gasteiger partial charge in [-0.1, -0.05) is 17.7 Å². The smallest absolute Gasteiger partial charge is 0.243 e. The van der Waals surface area contributed by atoms with Crippen LogP contribution in [0.25, 0.3) is 0 Å². The summed E-state index contributed by atoms with van der Waals surface area (Å²) in [6.45, 7) is 1.89. The van der Waals surface area contributed by atoms with E-state index < -0.39 is 10.0 Å². The number of benzene rings is 1. The minimum absolute atomic E-state index is 0.185. The minimum atomic E-state index is -3.60. The number of nitrogens with one attached hydrogen (secondary N) is 1. The van der Waals surface area contributed by atoms with Crippen LogP contribution in [-0.2, 0) is 10.0 Å². The molecule has 0 radical (unpaired) electrons. The van der Waals surface area contributed by atoms with Gasteiger partial charge in [-0.2, -0.15) is 18.4 Å². The molecule has 1 aromatic carbocycles. The molecule has 94 valence electrons. The first-order valence-electron chi connectivity index (χ1n) is 5.09. The Morgan fingerprint density at radius 2 is 2.06 bits per heavy atom. The lowest BCUT2D eigenvalue weighted by Crippen LogP contribution is -2.18. The fraction of sp³-hybridized carbons (Fsp3) is 0.0909. The second-order valence-electron chi connectivity index (χ2n) is 3.54. The van der Waals surface area contributed by atoms with E-state index in [4.69, 9.17) is 0 Å². The van der Waals surface area contributed by atoms with Gasteiger partial charge in [0, 0.05) is 11.6 Å². The van der Waals surface area contributed by atoms with Gasteiger partial charge in [-0.15, -0.1) is 11.3 Å². The summed E-state index contributed by atoms with van der Waals surface area (Å²) in [6, 6.07) is 6.55. The summed E-state index contributed by atoms with van der Waals surface area (Å²) in [7, 11) is -3.60. The largest absolute Gasteiger partial charge is 0.276 e. The molecule has 0 aliphatic carbocycles. The number of hydrogen-bond donors (Lipinski definition) is 1. The summed E-state index contributed by atoms with van der Waals surface area (Å²) in [5, 5.41) is 6.10. The standard InChI is InChI=1S/C11H11N3O2S2/c1-9-2-4-10(5-3-9)18(15,16)14-13-8-11-12-6-7-17-11/h2-8,14H,1H3. The van der Waals surface area contributed by atoms with Crippen molar-refractivity contribution in [2.45, 2.75) is 11.8 Å². The SMILES string of the molecule is Cc1ccc(S(=O)(=O)NN=Cc2nccs2)cc1. The molecular weight excluding hydrogens is 270 g/mol. The van der Waals surface area contributed by atoms with Gasteiger partial charge in [-0.25, -0.2) is 4.98 Å². The summed E-state index contributed by atoms with van der Waals surface area (Å²) in [5.74, 6) is 0. The van der Waals surface area contributed by atoms with E-state index in [1.54, 1.807) is 23.7 Å². The van der Waals surface area contributed by atoms with Gasteiger partial charge in [0.25, 0.3) is 10.0 Å². The van der Waals surface area contributed by atoms with Crippen molar-refractivity contribution in [2.75, 3.05) is 0 Å². The summed E-state index contributed by atoms with van der Waals surface area (Å²) in [6.07, 6.45) is 3.00. The molecule has 0 amide bonds. The van der Waals surface area contributed by atoms with Crippen LogP contribution in [0.15, 0.2) is 45.8 Å². The zero-order valence-corrected chi connectivity index (χ0v) is 11.2. The Morgan fingerprint density at radius 3 is 2.67 bits per heavy atom. The summed E-state index contributed by atoms with van der Waals surface area (Å²) in [5.41, 5.74) is 1.00. The maximum absolute atomic E-state index is 11.8. The van der Waals surface area contributed by atoms with Crippen molar-refractivity contribution in [3.63, 3.8) is 0 Å². The Balaban J connectivity index is 2.10. The van der Waals surface area contributed by atoms with E-state index in [2.05, 4.69) is 14.9 Å². The zero-order valence-electron chi connectivity index (χ0n) is 9.57. The highest BCUT2D eigenvalue weighted by atomic mass is 32.2. The van der Waals surface area contributed by atoms with Crippen LogP contribution in [0.2, 0.25) is 0 Å². The van der Waals surface area contributed by atoms with Gasteiger partial charge < -0.3 is 0 Å². The third-order valence-corrected chi connectivity index (χ3v) is 4.08. The molecule has 0 fully saturated rings. The van der Waals surface area contributed by atoms with Crippen LogP contribution in [0, 0.1) is 6.92 Å². The third-order valence-electron chi connectivity index (χ3n) is 2.13. The van der Waals surface area contributed by atoms with E-state index >= 15 is 0 Å². The number of hydrogen-bond acceptors (Lipinski definition) is 5. The highest BCUT2D eigenvalue weighted by Crippen LogP contribution is 2.09. The quantitative estimate of drug-likeness (QED) is 0.685. The molecule has 1 heterocycles. The van der Waals surface area contributed by atoms with Gasteiger partial charge in [-0.3, -0.25) is 0 Å². The Hall–Kier alpha value is -1.73. The number of rotatable bonds is 4. The first-order chi connectivity index (χ1) is 8.58. The molecule has 0 saturated heterocycles. The molecule has 0 atom stereocenters. The van der Waals surface area contributed by atoms with Crippen molar-refractivity contribution in [1.29, 1.82) is 0 Å². The van der Waals surface area contributed by atoms with Crippen molar-refractivity contribution < 1.29 is 8.42 Å². The second-order valence-corrected chi connectivity index (χ2v) is 6.12. The van der Waals surface area contributed by atoms with Crippen LogP contribution < -0.4 is 4.83 Å². The van der Waals surface area contributed by atoms with Crippen LogP contribution in [-0.4, -0.2) is 19.6 Å². The average molecular weight is 281 g/mol. The maximum Gasteiger partial charge on any atom is 0.276 e. The topological polar surface area (TPSA) is 71.4 Å². The number of thiazole rings is 1. The highest BCUT2D eigenvalue weighted by Gasteiger charge is 2.11. The molecule has 1 N–H and O–H groups in total. The normalized spacial score (nSPS) is 11.8. The Labute approximate surface area is 109 Å². The van der Waals surface area contributed by atoms with Crippen molar-refractivity contribution in [1.82, 2.24) is 9.82 Å². The monoisotopic (exact) mass is 281 g/mol. The molecule has 0 aliphatic heterocycles. The summed E-state index contributed by atoms with van der Waals surface area (Å²) in [4.78, 5) is 6.28. The lowest BCUT2D eigenvalue weighted by atomic mass is 10.2. The van der Waals surface area contributed by atoms with E-state index in [1.165, 1.54) is 29.7 Å². The van der Waals surface area contributed by atoms with E-state index in [9.17, 15) is 8.42 Å². The van der Waals surface area contributed by atoms with Gasteiger partial charge in [0.1, 0.15) is 5.01 Å². The predicted molar refractivity (Wildman–Crippen MR) is 71.2 cm³/mol. The maximum atomic E-state index is 11.8. The van der Waals surface area contributed by atoms with Gasteiger partial charge in [-0.05, 0) is 19.1 Å². The van der Waals surface area contributed by atoms with Crippen LogP contribution in [0.3, 0.4) is 0 Å². The first-order valence-corrected chi connectivity index (χ1v) is 7.45. The number of hydrazone groups is 1. The zero-order chi connectivity index (χ0) is 13.0. The van der Waals surface area contributed by atoms with Crippen molar-refractivity contribution >= 4 is 27.6 Å². The van der Waals surface area contributed by atoms with Gasteiger partial charge in [0.15, 0.2) is 0 Å². The summed E-state index contributed by atoms with van der Waals surface area (Å²) < 4.78 is 23.7. The predicted octanol–water partition coefficient (Wildman–Crippen LogP) is 1.76. The number of sulfonamides is 1. The fourth-order valence-electron chi connectivity index (χ4n) is 1.22. The molecule has 0 aliphatic rings. The molecule has 5 nitrogen and oxygen atoms in total. The Morgan fingerprint density at radius 1 is 1.33 bits per heavy atom. The Kier molecular flexibility index (Phi) is 3.73. The Bertz CT molecular complexity index is 631. The van der Waals surface area contributed by atoms with Gasteiger partial charge in [0.2, 0.25) is 0 Å². The van der Waals surface area contributed by atoms with Crippen molar-refractivity contribution in [2.24, 2.45) is 5.10 Å². The molecule has 18 heavy (non-hydrogen) atoms.